The molecule has 0 aliphatic carbocycles. The van der Waals surface area contributed by atoms with E-state index >= 15 is 0 Å². The normalized spacial score (nSPS) is 13.8. The van der Waals surface area contributed by atoms with Crippen LogP contribution in [-0.4, -0.2) is 32.1 Å². The van der Waals surface area contributed by atoms with Crippen molar-refractivity contribution in [3.05, 3.63) is 29.8 Å². The summed E-state index contributed by atoms with van der Waals surface area (Å²) in [6.07, 6.45) is 0.808. The molecule has 3 N–H and O–H groups in total. The van der Waals surface area contributed by atoms with Gasteiger partial charge in [-0.15, -0.1) is 0 Å². The molecular formula is C14H23N3O. The van der Waals surface area contributed by atoms with Crippen LogP contribution in [0.1, 0.15) is 30.6 Å². The van der Waals surface area contributed by atoms with Gasteiger partial charge in [0.25, 0.3) is 5.91 Å². The van der Waals surface area contributed by atoms with Crippen molar-refractivity contribution in [1.29, 1.82) is 0 Å². The van der Waals surface area contributed by atoms with E-state index in [1.54, 1.807) is 0 Å². The van der Waals surface area contributed by atoms with E-state index in [1.165, 1.54) is 0 Å². The van der Waals surface area contributed by atoms with Crippen LogP contribution < -0.4 is 16.0 Å². The minimum atomic E-state index is -0.342. The molecule has 0 bridgehead atoms. The standard InChI is InChI=1S/C14H23N3O/c1-5-14(2,10-15)16-13(18)11-7-6-8-12(9-11)17(3)4/h6-9H,5,10,15H2,1-4H3,(H,16,18). The molecule has 4 nitrogen and oxygen atoms in total. The quantitative estimate of drug-likeness (QED) is 0.833. The first-order valence-corrected chi connectivity index (χ1v) is 6.22. The molecule has 100 valence electrons. The monoisotopic (exact) mass is 249 g/mol. The van der Waals surface area contributed by atoms with Gasteiger partial charge in [-0.2, -0.15) is 0 Å². The van der Waals surface area contributed by atoms with Gasteiger partial charge in [0.05, 0.1) is 0 Å². The van der Waals surface area contributed by atoms with Crippen molar-refractivity contribution < 1.29 is 4.79 Å². The molecule has 0 aliphatic rings. The Bertz CT molecular complexity index is 411. The fourth-order valence-corrected chi connectivity index (χ4v) is 1.56. The lowest BCUT2D eigenvalue weighted by atomic mass is 9.98. The van der Waals surface area contributed by atoms with Gasteiger partial charge in [0.2, 0.25) is 0 Å². The largest absolute Gasteiger partial charge is 0.378 e. The Hall–Kier alpha value is -1.55. The van der Waals surface area contributed by atoms with E-state index in [4.69, 9.17) is 5.73 Å². The summed E-state index contributed by atoms with van der Waals surface area (Å²) in [5, 5.41) is 2.99. The molecule has 0 spiro atoms. The highest BCUT2D eigenvalue weighted by molar-refractivity contribution is 5.95. The van der Waals surface area contributed by atoms with Crippen LogP contribution in [-0.2, 0) is 0 Å². The Kier molecular flexibility index (Phi) is 4.73. The fourth-order valence-electron chi connectivity index (χ4n) is 1.56. The number of nitrogens with one attached hydrogen (secondary N) is 1. The van der Waals surface area contributed by atoms with Crippen molar-refractivity contribution >= 4 is 11.6 Å². The van der Waals surface area contributed by atoms with E-state index in [1.807, 2.05) is 57.1 Å². The van der Waals surface area contributed by atoms with Gasteiger partial charge in [-0.3, -0.25) is 4.79 Å². The lowest BCUT2D eigenvalue weighted by Gasteiger charge is -2.28. The summed E-state index contributed by atoms with van der Waals surface area (Å²) in [6.45, 7) is 4.41. The third-order valence-corrected chi connectivity index (χ3v) is 3.27. The summed E-state index contributed by atoms with van der Waals surface area (Å²) in [5.41, 5.74) is 7.03. The van der Waals surface area contributed by atoms with Crippen molar-refractivity contribution in [2.75, 3.05) is 25.5 Å². The fraction of sp³-hybridized carbons (Fsp3) is 0.500. The summed E-state index contributed by atoms with van der Waals surface area (Å²) >= 11 is 0. The number of rotatable bonds is 5. The molecule has 1 amide bonds. The van der Waals surface area contributed by atoms with Crippen LogP contribution in [0.25, 0.3) is 0 Å². The van der Waals surface area contributed by atoms with Gasteiger partial charge < -0.3 is 16.0 Å². The van der Waals surface area contributed by atoms with Crippen LogP contribution in [0.5, 0.6) is 0 Å². The number of benzene rings is 1. The van der Waals surface area contributed by atoms with Crippen molar-refractivity contribution in [2.24, 2.45) is 5.73 Å². The Morgan fingerprint density at radius 3 is 2.61 bits per heavy atom. The predicted octanol–water partition coefficient (Wildman–Crippen LogP) is 1.61. The SMILES string of the molecule is CCC(C)(CN)NC(=O)c1cccc(N(C)C)c1. The number of hydrogen-bond donors (Lipinski definition) is 2. The van der Waals surface area contributed by atoms with Gasteiger partial charge in [-0.05, 0) is 31.5 Å². The Morgan fingerprint density at radius 1 is 1.44 bits per heavy atom. The number of nitrogens with two attached hydrogens (primary N) is 1. The molecule has 18 heavy (non-hydrogen) atoms. The molecule has 0 aromatic heterocycles. The number of anilines is 1. The molecule has 0 fully saturated rings. The number of nitrogens with zero attached hydrogens (tertiary/aromatic N) is 1. The van der Waals surface area contributed by atoms with Gasteiger partial charge in [0, 0.05) is 37.4 Å². The average Bonchev–Trinajstić information content (AvgIpc) is 2.38. The van der Waals surface area contributed by atoms with Crippen LogP contribution in [0.3, 0.4) is 0 Å². The van der Waals surface area contributed by atoms with Crippen molar-refractivity contribution in [1.82, 2.24) is 5.32 Å². The third-order valence-electron chi connectivity index (χ3n) is 3.27. The molecule has 1 aromatic rings. The molecule has 0 radical (unpaired) electrons. The first-order valence-electron chi connectivity index (χ1n) is 6.22. The second-order valence-corrected chi connectivity index (χ2v) is 5.02. The van der Waals surface area contributed by atoms with E-state index in [-0.39, 0.29) is 11.4 Å². The summed E-state index contributed by atoms with van der Waals surface area (Å²) in [6, 6.07) is 7.55. The predicted molar refractivity (Wildman–Crippen MR) is 76.0 cm³/mol. The summed E-state index contributed by atoms with van der Waals surface area (Å²) in [4.78, 5) is 14.1. The summed E-state index contributed by atoms with van der Waals surface area (Å²) < 4.78 is 0. The van der Waals surface area contributed by atoms with Crippen LogP contribution >= 0.6 is 0 Å². The molecule has 0 heterocycles. The lowest BCUT2D eigenvalue weighted by molar-refractivity contribution is 0.0906. The Balaban J connectivity index is 2.88. The number of amides is 1. The van der Waals surface area contributed by atoms with Gasteiger partial charge in [0.15, 0.2) is 0 Å². The first-order chi connectivity index (χ1) is 8.41. The molecule has 1 aromatic carbocycles. The zero-order chi connectivity index (χ0) is 13.8. The van der Waals surface area contributed by atoms with Crippen LogP contribution in [0.2, 0.25) is 0 Å². The van der Waals surface area contributed by atoms with Crippen LogP contribution in [0, 0.1) is 0 Å². The molecule has 1 atom stereocenters. The summed E-state index contributed by atoms with van der Waals surface area (Å²) in [7, 11) is 3.90. The zero-order valence-electron chi connectivity index (χ0n) is 11.7. The Morgan fingerprint density at radius 2 is 2.11 bits per heavy atom. The maximum atomic E-state index is 12.2. The average molecular weight is 249 g/mol. The smallest absolute Gasteiger partial charge is 0.251 e. The molecule has 4 heteroatoms. The van der Waals surface area contributed by atoms with Gasteiger partial charge in [0.1, 0.15) is 0 Å². The van der Waals surface area contributed by atoms with Gasteiger partial charge >= 0.3 is 0 Å². The number of carbonyl (C=O) groups excluding carboxylic acids is 1. The van der Waals surface area contributed by atoms with E-state index < -0.39 is 0 Å². The number of hydrogen-bond acceptors (Lipinski definition) is 3. The van der Waals surface area contributed by atoms with E-state index in [9.17, 15) is 4.79 Å². The highest BCUT2D eigenvalue weighted by Crippen LogP contribution is 2.15. The second-order valence-electron chi connectivity index (χ2n) is 5.02. The minimum Gasteiger partial charge on any atom is -0.378 e. The molecule has 0 aliphatic heterocycles. The highest BCUT2D eigenvalue weighted by Gasteiger charge is 2.23. The summed E-state index contributed by atoms with van der Waals surface area (Å²) in [5.74, 6) is -0.0755. The number of carbonyl (C=O) groups is 1. The lowest BCUT2D eigenvalue weighted by Crippen LogP contribution is -2.50. The Labute approximate surface area is 109 Å². The zero-order valence-corrected chi connectivity index (χ0v) is 11.7. The highest BCUT2D eigenvalue weighted by atomic mass is 16.1. The van der Waals surface area contributed by atoms with E-state index in [0.29, 0.717) is 12.1 Å². The molecule has 0 saturated carbocycles. The van der Waals surface area contributed by atoms with Gasteiger partial charge in [-0.25, -0.2) is 0 Å². The maximum Gasteiger partial charge on any atom is 0.251 e. The van der Waals surface area contributed by atoms with Crippen LogP contribution in [0.15, 0.2) is 24.3 Å². The van der Waals surface area contributed by atoms with Crippen molar-refractivity contribution in [3.63, 3.8) is 0 Å². The molecule has 1 rings (SSSR count). The van der Waals surface area contributed by atoms with Crippen molar-refractivity contribution in [2.45, 2.75) is 25.8 Å². The van der Waals surface area contributed by atoms with E-state index in [2.05, 4.69) is 5.32 Å². The maximum absolute atomic E-state index is 12.2. The first kappa shape index (κ1) is 14.5. The van der Waals surface area contributed by atoms with E-state index in [0.717, 1.165) is 12.1 Å². The second kappa shape index (κ2) is 5.87. The molecule has 1 unspecified atom stereocenters. The van der Waals surface area contributed by atoms with Crippen LogP contribution in [0.4, 0.5) is 5.69 Å². The minimum absolute atomic E-state index is 0.0755. The molecule has 0 saturated heterocycles. The molecular weight excluding hydrogens is 226 g/mol. The van der Waals surface area contributed by atoms with Gasteiger partial charge in [-0.1, -0.05) is 13.0 Å². The topological polar surface area (TPSA) is 58.4 Å². The van der Waals surface area contributed by atoms with Crippen molar-refractivity contribution in [3.8, 4) is 0 Å². The third kappa shape index (κ3) is 3.47.